The van der Waals surface area contributed by atoms with E-state index in [1.165, 1.54) is 18.2 Å². The average Bonchev–Trinajstić information content (AvgIpc) is 2.56. The van der Waals surface area contributed by atoms with Gasteiger partial charge in [-0.1, -0.05) is 58.5 Å². The van der Waals surface area contributed by atoms with Crippen LogP contribution in [-0.2, 0) is 4.79 Å². The molecule has 11 heteroatoms. The summed E-state index contributed by atoms with van der Waals surface area (Å²) in [5, 5.41) is 11.9. The second-order valence-corrected chi connectivity index (χ2v) is 6.84. The Morgan fingerprint density at radius 3 is 1.93 bits per heavy atom. The molecule has 0 saturated heterocycles. The topological polar surface area (TPSA) is 75.3 Å². The lowest BCUT2D eigenvalue weighted by Gasteiger charge is -2.25. The Morgan fingerprint density at radius 1 is 1.00 bits per heavy atom. The minimum absolute atomic E-state index is 0.0705. The van der Waals surface area contributed by atoms with Gasteiger partial charge < -0.3 is 16.2 Å². The SMILES string of the molecule is C[C@@](O)(C(=O)Nc1cccc(Cl)c1Cl)C(F)(F)F.Nc1cccc(Cl)c1Cl. The zero-order valence-corrected chi connectivity index (χ0v) is 16.6. The van der Waals surface area contributed by atoms with Crippen LogP contribution in [0.15, 0.2) is 36.4 Å². The highest BCUT2D eigenvalue weighted by molar-refractivity contribution is 6.44. The van der Waals surface area contributed by atoms with E-state index in [1.807, 2.05) is 5.32 Å². The highest BCUT2D eigenvalue weighted by Gasteiger charge is 2.55. The van der Waals surface area contributed by atoms with Crippen molar-refractivity contribution in [1.29, 1.82) is 0 Å². The lowest BCUT2D eigenvalue weighted by Crippen LogP contribution is -2.52. The van der Waals surface area contributed by atoms with E-state index < -0.39 is 17.7 Å². The van der Waals surface area contributed by atoms with Crippen LogP contribution in [0.5, 0.6) is 0 Å². The molecule has 0 radical (unpaired) electrons. The molecule has 0 aromatic heterocycles. The monoisotopic (exact) mass is 462 g/mol. The van der Waals surface area contributed by atoms with Crippen LogP contribution in [-0.4, -0.2) is 22.8 Å². The van der Waals surface area contributed by atoms with Crippen LogP contribution in [0.25, 0.3) is 0 Å². The number of nitrogens with two attached hydrogens (primary N) is 1. The van der Waals surface area contributed by atoms with Crippen molar-refractivity contribution in [2.24, 2.45) is 0 Å². The van der Waals surface area contributed by atoms with E-state index in [0.29, 0.717) is 22.7 Å². The number of nitrogens with one attached hydrogen (secondary N) is 1. The maximum Gasteiger partial charge on any atom is 0.426 e. The standard InChI is InChI=1S/C10H8Cl2F3NO2.C6H5Cl2N/c1-9(18,10(13,14)15)8(17)16-6-4-2-3-5(11)7(6)12;7-4-2-1-3-5(9)6(4)8/h2-4,18H,1H3,(H,16,17);1-3H,9H2/t9-;/m1./s1. The number of aliphatic hydroxyl groups is 1. The summed E-state index contributed by atoms with van der Waals surface area (Å²) in [4.78, 5) is 11.4. The molecule has 0 aliphatic heterocycles. The average molecular weight is 464 g/mol. The first-order valence-electron chi connectivity index (χ1n) is 7.03. The van der Waals surface area contributed by atoms with E-state index >= 15 is 0 Å². The van der Waals surface area contributed by atoms with Gasteiger partial charge in [-0.3, -0.25) is 4.79 Å². The summed E-state index contributed by atoms with van der Waals surface area (Å²) in [6, 6.07) is 9.21. The molecule has 0 unspecified atom stereocenters. The van der Waals surface area contributed by atoms with Gasteiger partial charge in [0.1, 0.15) is 0 Å². The number of hydrogen-bond acceptors (Lipinski definition) is 3. The van der Waals surface area contributed by atoms with Crippen LogP contribution in [0.4, 0.5) is 24.5 Å². The van der Waals surface area contributed by atoms with Gasteiger partial charge in [0.2, 0.25) is 5.60 Å². The number of anilines is 2. The molecular formula is C16H13Cl4F3N2O2. The van der Waals surface area contributed by atoms with Crippen LogP contribution in [0.3, 0.4) is 0 Å². The van der Waals surface area contributed by atoms with Crippen molar-refractivity contribution in [1.82, 2.24) is 0 Å². The first-order valence-corrected chi connectivity index (χ1v) is 8.54. The second-order valence-electron chi connectivity index (χ2n) is 5.27. The molecule has 2 aromatic rings. The van der Waals surface area contributed by atoms with Crippen molar-refractivity contribution in [3.63, 3.8) is 0 Å². The molecule has 4 nitrogen and oxygen atoms in total. The Hall–Kier alpha value is -1.38. The van der Waals surface area contributed by atoms with E-state index in [4.69, 9.17) is 57.2 Å². The number of halogens is 7. The molecule has 0 aliphatic rings. The van der Waals surface area contributed by atoms with Gasteiger partial charge in [0, 0.05) is 0 Å². The molecule has 2 aromatic carbocycles. The molecule has 0 spiro atoms. The van der Waals surface area contributed by atoms with Gasteiger partial charge >= 0.3 is 6.18 Å². The van der Waals surface area contributed by atoms with Gasteiger partial charge in [-0.15, -0.1) is 0 Å². The van der Waals surface area contributed by atoms with E-state index in [9.17, 15) is 18.0 Å². The molecule has 1 amide bonds. The van der Waals surface area contributed by atoms with Crippen LogP contribution in [0, 0.1) is 0 Å². The maximum absolute atomic E-state index is 12.4. The predicted molar refractivity (Wildman–Crippen MR) is 103 cm³/mol. The van der Waals surface area contributed by atoms with Gasteiger partial charge in [-0.2, -0.15) is 13.2 Å². The van der Waals surface area contributed by atoms with E-state index in [2.05, 4.69) is 0 Å². The number of carbonyl (C=O) groups is 1. The molecule has 2 rings (SSSR count). The molecule has 0 aliphatic carbocycles. The largest absolute Gasteiger partial charge is 0.426 e. The molecule has 0 bridgehead atoms. The Balaban J connectivity index is 0.000000337. The second kappa shape index (κ2) is 9.21. The van der Waals surface area contributed by atoms with Crippen molar-refractivity contribution in [2.75, 3.05) is 11.1 Å². The quantitative estimate of drug-likeness (QED) is 0.491. The molecule has 27 heavy (non-hydrogen) atoms. The summed E-state index contributed by atoms with van der Waals surface area (Å²) in [6.45, 7) is 0.348. The minimum atomic E-state index is -5.10. The van der Waals surface area contributed by atoms with Gasteiger partial charge in [0.15, 0.2) is 0 Å². The third-order valence-corrected chi connectivity index (χ3v) is 4.83. The van der Waals surface area contributed by atoms with Crippen molar-refractivity contribution in [3.8, 4) is 0 Å². The van der Waals surface area contributed by atoms with Crippen LogP contribution >= 0.6 is 46.4 Å². The van der Waals surface area contributed by atoms with Crippen LogP contribution < -0.4 is 11.1 Å². The Morgan fingerprint density at radius 2 is 1.48 bits per heavy atom. The molecule has 0 saturated carbocycles. The normalized spacial score (nSPS) is 13.2. The molecule has 0 heterocycles. The van der Waals surface area contributed by atoms with Crippen LogP contribution in [0.2, 0.25) is 20.1 Å². The molecule has 1 atom stereocenters. The van der Waals surface area contributed by atoms with Crippen LogP contribution in [0.1, 0.15) is 6.92 Å². The number of nitrogen functional groups attached to an aromatic ring is 1. The fourth-order valence-electron chi connectivity index (χ4n) is 1.49. The zero-order valence-electron chi connectivity index (χ0n) is 13.5. The minimum Gasteiger partial charge on any atom is -0.397 e. The summed E-state index contributed by atoms with van der Waals surface area (Å²) in [6.07, 6.45) is -5.10. The highest BCUT2D eigenvalue weighted by Crippen LogP contribution is 2.34. The summed E-state index contributed by atoms with van der Waals surface area (Å²) >= 11 is 22.5. The van der Waals surface area contributed by atoms with Crippen molar-refractivity contribution < 1.29 is 23.1 Å². The lowest BCUT2D eigenvalue weighted by molar-refractivity contribution is -0.242. The number of alkyl halides is 3. The van der Waals surface area contributed by atoms with E-state index in [-0.39, 0.29) is 15.7 Å². The number of benzene rings is 2. The van der Waals surface area contributed by atoms with Crippen molar-refractivity contribution in [2.45, 2.75) is 18.7 Å². The fourth-order valence-corrected chi connectivity index (χ4v) is 2.15. The summed E-state index contributed by atoms with van der Waals surface area (Å²) in [5.41, 5.74) is 2.29. The van der Waals surface area contributed by atoms with E-state index in [1.54, 1.807) is 18.2 Å². The molecule has 4 N–H and O–H groups in total. The molecule has 148 valence electrons. The first kappa shape index (κ1) is 23.7. The Labute approximate surface area is 173 Å². The number of rotatable bonds is 2. The fraction of sp³-hybridized carbons (Fsp3) is 0.188. The number of carbonyl (C=O) groups excluding carboxylic acids is 1. The summed E-state index contributed by atoms with van der Waals surface area (Å²) in [5.74, 6) is -1.64. The maximum atomic E-state index is 12.4. The number of hydrogen-bond donors (Lipinski definition) is 3. The smallest absolute Gasteiger partial charge is 0.397 e. The summed E-state index contributed by atoms with van der Waals surface area (Å²) in [7, 11) is 0. The Kier molecular flexibility index (Phi) is 8.07. The van der Waals surface area contributed by atoms with Gasteiger partial charge in [0.05, 0.1) is 31.5 Å². The predicted octanol–water partition coefficient (Wildman–Crippen LogP) is 5.82. The zero-order chi connectivity index (χ0) is 21.0. The van der Waals surface area contributed by atoms with Gasteiger partial charge in [0.25, 0.3) is 5.91 Å². The first-order chi connectivity index (χ1) is 12.3. The third kappa shape index (κ3) is 6.05. The summed E-state index contributed by atoms with van der Waals surface area (Å²) < 4.78 is 37.2. The van der Waals surface area contributed by atoms with Gasteiger partial charge in [-0.25, -0.2) is 0 Å². The number of amides is 1. The van der Waals surface area contributed by atoms with E-state index in [0.717, 1.165) is 0 Å². The Bertz CT molecular complexity index is 810. The molecular weight excluding hydrogens is 451 g/mol. The highest BCUT2D eigenvalue weighted by atomic mass is 35.5. The third-order valence-electron chi connectivity index (χ3n) is 3.18. The molecule has 0 fully saturated rings. The lowest BCUT2D eigenvalue weighted by atomic mass is 10.1. The van der Waals surface area contributed by atoms with Crippen molar-refractivity contribution >= 4 is 63.7 Å². The van der Waals surface area contributed by atoms with Gasteiger partial charge in [-0.05, 0) is 31.2 Å². The van der Waals surface area contributed by atoms with Crippen molar-refractivity contribution in [3.05, 3.63) is 56.5 Å².